The molecule has 4 rings (SSSR count). The van der Waals surface area contributed by atoms with Crippen molar-refractivity contribution in [1.82, 2.24) is 14.8 Å². The molecule has 0 radical (unpaired) electrons. The lowest BCUT2D eigenvalue weighted by molar-refractivity contribution is 0.0721. The first-order valence-corrected chi connectivity index (χ1v) is 10.1. The van der Waals surface area contributed by atoms with E-state index in [0.29, 0.717) is 30.0 Å². The third-order valence-electron chi connectivity index (χ3n) is 5.62. The smallest absolute Gasteiger partial charge is 0.293 e. The molecular weight excluding hydrogens is 413 g/mol. The molecule has 2 amide bonds. The molecule has 0 spiro atoms. The van der Waals surface area contributed by atoms with Crippen molar-refractivity contribution < 1.29 is 19.1 Å². The maximum atomic E-state index is 13.4. The summed E-state index contributed by atoms with van der Waals surface area (Å²) < 4.78 is 14.5. The maximum Gasteiger partial charge on any atom is 0.293 e. The van der Waals surface area contributed by atoms with Gasteiger partial charge in [-0.05, 0) is 42.9 Å². The molecule has 1 fully saturated rings. The van der Waals surface area contributed by atoms with Crippen LogP contribution in [0.15, 0.2) is 23.0 Å². The molecule has 1 aromatic heterocycles. The maximum absolute atomic E-state index is 13.4. The fraction of sp³-hybridized carbons (Fsp3) is 0.381. The number of nitrogens with zero attached hydrogens (tertiary/aromatic N) is 2. The summed E-state index contributed by atoms with van der Waals surface area (Å²) in [5, 5.41) is 13.2. The Labute approximate surface area is 177 Å². The fourth-order valence-corrected chi connectivity index (χ4v) is 3.96. The van der Waals surface area contributed by atoms with Crippen LogP contribution < -0.4 is 10.9 Å². The molecule has 0 saturated heterocycles. The number of rotatable bonds is 5. The van der Waals surface area contributed by atoms with Gasteiger partial charge < -0.3 is 19.9 Å². The largest absolute Gasteiger partial charge is 0.502 e. The summed E-state index contributed by atoms with van der Waals surface area (Å²) in [6, 6.07) is 4.17. The molecule has 1 aromatic carbocycles. The SMILES string of the molecule is Cn1c(C(=O)NCC2CC2)c2c(c(O)c1=O)C(=O)N(Cc1ccc(F)c(Cl)c1)CC2. The van der Waals surface area contributed by atoms with Crippen molar-refractivity contribution in [3.8, 4) is 5.75 Å². The van der Waals surface area contributed by atoms with Crippen LogP contribution in [-0.2, 0) is 20.0 Å². The second kappa shape index (κ2) is 7.75. The highest BCUT2D eigenvalue weighted by atomic mass is 35.5. The third kappa shape index (κ3) is 3.67. The van der Waals surface area contributed by atoms with E-state index in [1.54, 1.807) is 0 Å². The molecule has 1 aliphatic heterocycles. The second-order valence-electron chi connectivity index (χ2n) is 7.79. The number of aromatic hydroxyl groups is 1. The Hall–Kier alpha value is -2.87. The molecule has 1 aliphatic carbocycles. The van der Waals surface area contributed by atoms with Gasteiger partial charge in [-0.25, -0.2) is 4.39 Å². The van der Waals surface area contributed by atoms with Gasteiger partial charge in [-0.1, -0.05) is 17.7 Å². The molecule has 2 aliphatic rings. The van der Waals surface area contributed by atoms with Gasteiger partial charge in [0.1, 0.15) is 11.5 Å². The van der Waals surface area contributed by atoms with Gasteiger partial charge in [0, 0.05) is 32.2 Å². The summed E-state index contributed by atoms with van der Waals surface area (Å²) in [6.07, 6.45) is 2.42. The highest BCUT2D eigenvalue weighted by Gasteiger charge is 2.34. The molecule has 2 heterocycles. The van der Waals surface area contributed by atoms with E-state index in [-0.39, 0.29) is 29.4 Å². The summed E-state index contributed by atoms with van der Waals surface area (Å²) in [5.74, 6) is -1.75. The number of carbonyl (C=O) groups is 2. The van der Waals surface area contributed by atoms with E-state index in [1.807, 2.05) is 0 Å². The lowest BCUT2D eigenvalue weighted by Crippen LogP contribution is -2.42. The summed E-state index contributed by atoms with van der Waals surface area (Å²) in [7, 11) is 1.41. The first kappa shape index (κ1) is 20.4. The Kier molecular flexibility index (Phi) is 5.27. The fourth-order valence-electron chi connectivity index (χ4n) is 3.75. The minimum absolute atomic E-state index is 0.0521. The van der Waals surface area contributed by atoms with E-state index in [2.05, 4.69) is 5.32 Å². The van der Waals surface area contributed by atoms with Crippen LogP contribution in [0.1, 0.15) is 44.8 Å². The Balaban J connectivity index is 1.67. The van der Waals surface area contributed by atoms with Crippen molar-refractivity contribution >= 4 is 23.4 Å². The predicted octanol–water partition coefficient (Wildman–Crippen LogP) is 2.22. The van der Waals surface area contributed by atoms with Crippen molar-refractivity contribution in [2.45, 2.75) is 25.8 Å². The van der Waals surface area contributed by atoms with Gasteiger partial charge >= 0.3 is 0 Å². The number of hydrogen-bond donors (Lipinski definition) is 2. The quantitative estimate of drug-likeness (QED) is 0.756. The number of nitrogens with one attached hydrogen (secondary N) is 1. The summed E-state index contributed by atoms with van der Waals surface area (Å²) in [4.78, 5) is 39.8. The van der Waals surface area contributed by atoms with Crippen LogP contribution in [-0.4, -0.2) is 39.5 Å². The zero-order valence-corrected chi connectivity index (χ0v) is 17.1. The Morgan fingerprint density at radius 3 is 2.73 bits per heavy atom. The molecule has 9 heteroatoms. The Morgan fingerprint density at radius 2 is 2.07 bits per heavy atom. The van der Waals surface area contributed by atoms with Crippen molar-refractivity contribution in [2.24, 2.45) is 13.0 Å². The molecule has 0 unspecified atom stereocenters. The molecule has 0 atom stereocenters. The van der Waals surface area contributed by atoms with E-state index in [4.69, 9.17) is 11.6 Å². The predicted molar refractivity (Wildman–Crippen MR) is 108 cm³/mol. The van der Waals surface area contributed by atoms with Gasteiger partial charge in [0.25, 0.3) is 17.4 Å². The standard InChI is InChI=1S/C21H21ClFN3O4/c1-25-17(19(28)24-9-11-2-3-11)13-6-7-26(20(29)16(13)18(27)21(25)30)10-12-4-5-15(23)14(22)8-12/h4-5,8,11,27H,2-3,6-7,9-10H2,1H3,(H,24,28). The number of halogens is 2. The number of aromatic nitrogens is 1. The van der Waals surface area contributed by atoms with Gasteiger partial charge in [0.05, 0.1) is 10.6 Å². The molecule has 2 N–H and O–H groups in total. The van der Waals surface area contributed by atoms with Crippen LogP contribution in [0.5, 0.6) is 5.75 Å². The number of hydrogen-bond acceptors (Lipinski definition) is 4. The molecule has 1 saturated carbocycles. The van der Waals surface area contributed by atoms with Crippen LogP contribution in [0.4, 0.5) is 4.39 Å². The summed E-state index contributed by atoms with van der Waals surface area (Å²) in [6.45, 7) is 0.936. The van der Waals surface area contributed by atoms with Gasteiger partial charge in [0.2, 0.25) is 0 Å². The highest BCUT2D eigenvalue weighted by molar-refractivity contribution is 6.30. The van der Waals surface area contributed by atoms with Gasteiger partial charge in [-0.3, -0.25) is 14.4 Å². The van der Waals surface area contributed by atoms with Crippen LogP contribution in [0.2, 0.25) is 5.02 Å². The van der Waals surface area contributed by atoms with E-state index < -0.39 is 28.9 Å². The Bertz CT molecular complexity index is 1110. The molecular formula is C21H21ClFN3O4. The average molecular weight is 434 g/mol. The number of fused-ring (bicyclic) bond motifs is 1. The molecule has 0 bridgehead atoms. The number of pyridine rings is 1. The van der Waals surface area contributed by atoms with E-state index >= 15 is 0 Å². The van der Waals surface area contributed by atoms with E-state index in [1.165, 1.54) is 30.1 Å². The highest BCUT2D eigenvalue weighted by Crippen LogP contribution is 2.30. The lowest BCUT2D eigenvalue weighted by Gasteiger charge is -2.30. The zero-order chi connectivity index (χ0) is 21.6. The number of benzene rings is 1. The van der Waals surface area contributed by atoms with Crippen molar-refractivity contribution in [1.29, 1.82) is 0 Å². The molecule has 30 heavy (non-hydrogen) atoms. The van der Waals surface area contributed by atoms with Gasteiger partial charge in [-0.2, -0.15) is 0 Å². The summed E-state index contributed by atoms with van der Waals surface area (Å²) in [5.41, 5.74) is 0.135. The average Bonchev–Trinajstić information content (AvgIpc) is 3.54. The van der Waals surface area contributed by atoms with Crippen LogP contribution >= 0.6 is 11.6 Å². The van der Waals surface area contributed by atoms with Crippen LogP contribution in [0.25, 0.3) is 0 Å². The monoisotopic (exact) mass is 433 g/mol. The van der Waals surface area contributed by atoms with Crippen molar-refractivity contribution in [3.63, 3.8) is 0 Å². The minimum Gasteiger partial charge on any atom is -0.502 e. The van der Waals surface area contributed by atoms with Gasteiger partial charge in [0.15, 0.2) is 5.75 Å². The number of carbonyl (C=O) groups excluding carboxylic acids is 2. The second-order valence-corrected chi connectivity index (χ2v) is 8.20. The first-order valence-electron chi connectivity index (χ1n) is 9.74. The van der Waals surface area contributed by atoms with E-state index in [0.717, 1.165) is 17.4 Å². The van der Waals surface area contributed by atoms with Crippen molar-refractivity contribution in [2.75, 3.05) is 13.1 Å². The molecule has 158 valence electrons. The Morgan fingerprint density at radius 1 is 1.33 bits per heavy atom. The first-order chi connectivity index (χ1) is 14.3. The zero-order valence-electron chi connectivity index (χ0n) is 16.4. The minimum atomic E-state index is -0.801. The normalized spacial score (nSPS) is 15.8. The van der Waals surface area contributed by atoms with E-state index in [9.17, 15) is 23.9 Å². The topological polar surface area (TPSA) is 91.6 Å². The molecule has 2 aromatic rings. The van der Waals surface area contributed by atoms with Crippen molar-refractivity contribution in [3.05, 3.63) is 61.8 Å². The number of amides is 2. The van der Waals surface area contributed by atoms with Gasteiger partial charge in [-0.15, -0.1) is 0 Å². The van der Waals surface area contributed by atoms with Crippen LogP contribution in [0, 0.1) is 11.7 Å². The summed E-state index contributed by atoms with van der Waals surface area (Å²) >= 11 is 5.82. The lowest BCUT2D eigenvalue weighted by atomic mass is 9.95. The molecule has 7 nitrogen and oxygen atoms in total. The van der Waals surface area contributed by atoms with Crippen LogP contribution in [0.3, 0.4) is 0 Å². The third-order valence-corrected chi connectivity index (χ3v) is 5.91.